The van der Waals surface area contributed by atoms with E-state index in [1.807, 2.05) is 13.8 Å². The van der Waals surface area contributed by atoms with Crippen LogP contribution in [0.4, 0.5) is 4.79 Å². The Morgan fingerprint density at radius 2 is 2.00 bits per heavy atom. The molecule has 0 radical (unpaired) electrons. The average Bonchev–Trinajstić information content (AvgIpc) is 3.05. The van der Waals surface area contributed by atoms with Crippen molar-refractivity contribution in [2.24, 2.45) is 5.92 Å². The van der Waals surface area contributed by atoms with Crippen LogP contribution >= 0.6 is 0 Å². The molecule has 0 saturated heterocycles. The minimum atomic E-state index is -1.55. The first kappa shape index (κ1) is 13.8. The van der Waals surface area contributed by atoms with E-state index in [2.05, 4.69) is 5.32 Å². The highest BCUT2D eigenvalue weighted by molar-refractivity contribution is 5.77. The second kappa shape index (κ2) is 5.86. The van der Waals surface area contributed by atoms with Crippen LogP contribution in [-0.2, 0) is 4.79 Å². The summed E-state index contributed by atoms with van der Waals surface area (Å²) in [5.41, 5.74) is 0. The molecule has 0 unspecified atom stereocenters. The molecule has 1 atom stereocenters. The number of amides is 2. The van der Waals surface area contributed by atoms with E-state index >= 15 is 0 Å². The summed E-state index contributed by atoms with van der Waals surface area (Å²) in [6, 6.07) is -0.246. The Kier molecular flexibility index (Phi) is 4.74. The number of aliphatic hydroxyl groups is 1. The minimum Gasteiger partial charge on any atom is -0.479 e. The van der Waals surface area contributed by atoms with E-state index < -0.39 is 12.1 Å². The fraction of sp³-hybridized carbons (Fsp3) is 0.818. The third-order valence-electron chi connectivity index (χ3n) is 2.77. The number of hydrogen-bond acceptors (Lipinski definition) is 3. The van der Waals surface area contributed by atoms with E-state index in [9.17, 15) is 9.59 Å². The van der Waals surface area contributed by atoms with Gasteiger partial charge in [0.15, 0.2) is 6.10 Å². The van der Waals surface area contributed by atoms with Crippen molar-refractivity contribution in [2.75, 3.05) is 13.1 Å². The summed E-state index contributed by atoms with van der Waals surface area (Å²) in [6.07, 6.45) is 0.747. The standard InChI is InChI=1S/C11H20N2O4/c1-7(2)13(6-8-3-4-8)11(17)12-5-9(14)10(15)16/h7-9,14H,3-6H2,1-2H3,(H,12,17)(H,15,16)/t9-/m0/s1. The molecule has 6 heteroatoms. The fourth-order valence-electron chi connectivity index (χ4n) is 1.48. The van der Waals surface area contributed by atoms with Crippen molar-refractivity contribution < 1.29 is 19.8 Å². The highest BCUT2D eigenvalue weighted by Crippen LogP contribution is 2.30. The molecular weight excluding hydrogens is 224 g/mol. The number of urea groups is 1. The van der Waals surface area contributed by atoms with Gasteiger partial charge in [0, 0.05) is 12.6 Å². The number of carboxylic acids is 1. The van der Waals surface area contributed by atoms with Crippen LogP contribution in [0.25, 0.3) is 0 Å². The van der Waals surface area contributed by atoms with Gasteiger partial charge in [-0.25, -0.2) is 9.59 Å². The van der Waals surface area contributed by atoms with Crippen molar-refractivity contribution in [3.8, 4) is 0 Å². The molecule has 2 amide bonds. The second-order valence-electron chi connectivity index (χ2n) is 4.73. The van der Waals surface area contributed by atoms with Crippen LogP contribution in [0.5, 0.6) is 0 Å². The minimum absolute atomic E-state index is 0.0672. The average molecular weight is 244 g/mol. The van der Waals surface area contributed by atoms with Crippen LogP contribution in [0.1, 0.15) is 26.7 Å². The van der Waals surface area contributed by atoms with Crippen LogP contribution < -0.4 is 5.32 Å². The van der Waals surface area contributed by atoms with Crippen LogP contribution in [0.2, 0.25) is 0 Å². The van der Waals surface area contributed by atoms with Crippen molar-refractivity contribution in [1.82, 2.24) is 10.2 Å². The highest BCUT2D eigenvalue weighted by atomic mass is 16.4. The van der Waals surface area contributed by atoms with Gasteiger partial charge in [-0.1, -0.05) is 0 Å². The Labute approximate surface area is 101 Å². The lowest BCUT2D eigenvalue weighted by molar-refractivity contribution is -0.146. The number of rotatable bonds is 6. The maximum absolute atomic E-state index is 11.8. The normalized spacial score (nSPS) is 16.7. The van der Waals surface area contributed by atoms with Gasteiger partial charge in [0.1, 0.15) is 0 Å². The smallest absolute Gasteiger partial charge is 0.334 e. The van der Waals surface area contributed by atoms with E-state index in [1.54, 1.807) is 4.90 Å². The van der Waals surface area contributed by atoms with Gasteiger partial charge < -0.3 is 20.4 Å². The molecule has 1 aliphatic rings. The molecule has 0 heterocycles. The number of aliphatic hydroxyl groups excluding tert-OH is 1. The van der Waals surface area contributed by atoms with E-state index in [0.717, 1.165) is 12.8 Å². The predicted molar refractivity (Wildman–Crippen MR) is 61.6 cm³/mol. The maximum Gasteiger partial charge on any atom is 0.334 e. The summed E-state index contributed by atoms with van der Waals surface area (Å²) in [5.74, 6) is -0.754. The van der Waals surface area contributed by atoms with Gasteiger partial charge in [0.2, 0.25) is 0 Å². The number of carbonyl (C=O) groups excluding carboxylic acids is 1. The number of carboxylic acid groups (broad SMARTS) is 1. The Morgan fingerprint density at radius 1 is 1.41 bits per heavy atom. The molecule has 1 fully saturated rings. The molecule has 17 heavy (non-hydrogen) atoms. The van der Waals surface area contributed by atoms with Gasteiger partial charge in [-0.05, 0) is 32.6 Å². The number of nitrogens with zero attached hydrogens (tertiary/aromatic N) is 1. The predicted octanol–water partition coefficient (Wildman–Crippen LogP) is 0.262. The number of carbonyl (C=O) groups is 2. The summed E-state index contributed by atoms with van der Waals surface area (Å²) in [4.78, 5) is 23.8. The first-order chi connectivity index (χ1) is 7.91. The van der Waals surface area contributed by atoms with E-state index in [-0.39, 0.29) is 18.6 Å². The Hall–Kier alpha value is -1.30. The zero-order valence-corrected chi connectivity index (χ0v) is 10.2. The first-order valence-electron chi connectivity index (χ1n) is 5.87. The monoisotopic (exact) mass is 244 g/mol. The van der Waals surface area contributed by atoms with E-state index in [4.69, 9.17) is 10.2 Å². The van der Waals surface area contributed by atoms with Crippen LogP contribution in [-0.4, -0.2) is 52.3 Å². The summed E-state index contributed by atoms with van der Waals surface area (Å²) in [5, 5.41) is 20.0. The molecular formula is C11H20N2O4. The number of aliphatic carboxylic acids is 1. The lowest BCUT2D eigenvalue weighted by Crippen LogP contribution is -2.47. The van der Waals surface area contributed by atoms with Crippen LogP contribution in [0.3, 0.4) is 0 Å². The second-order valence-corrected chi connectivity index (χ2v) is 4.73. The van der Waals surface area contributed by atoms with Gasteiger partial charge in [0.25, 0.3) is 0 Å². The van der Waals surface area contributed by atoms with Crippen molar-refractivity contribution in [3.05, 3.63) is 0 Å². The molecule has 3 N–H and O–H groups in total. The molecule has 6 nitrogen and oxygen atoms in total. The molecule has 0 spiro atoms. The van der Waals surface area contributed by atoms with E-state index in [1.165, 1.54) is 0 Å². The quantitative estimate of drug-likeness (QED) is 0.625. The van der Waals surface area contributed by atoms with Crippen LogP contribution in [0.15, 0.2) is 0 Å². The summed E-state index contributed by atoms with van der Waals surface area (Å²) in [7, 11) is 0. The van der Waals surface area contributed by atoms with Gasteiger partial charge in [-0.3, -0.25) is 0 Å². The van der Waals surface area contributed by atoms with Crippen molar-refractivity contribution in [1.29, 1.82) is 0 Å². The molecule has 98 valence electrons. The molecule has 0 aromatic heterocycles. The van der Waals surface area contributed by atoms with Gasteiger partial charge >= 0.3 is 12.0 Å². The van der Waals surface area contributed by atoms with Gasteiger partial charge in [-0.2, -0.15) is 0 Å². The number of nitrogens with one attached hydrogen (secondary N) is 1. The number of hydrogen-bond donors (Lipinski definition) is 3. The third kappa shape index (κ3) is 4.60. The summed E-state index contributed by atoms with van der Waals surface area (Å²) >= 11 is 0. The highest BCUT2D eigenvalue weighted by Gasteiger charge is 2.28. The van der Waals surface area contributed by atoms with Gasteiger partial charge in [-0.15, -0.1) is 0 Å². The molecule has 1 saturated carbocycles. The largest absolute Gasteiger partial charge is 0.479 e. The zero-order chi connectivity index (χ0) is 13.0. The van der Waals surface area contributed by atoms with E-state index in [0.29, 0.717) is 12.5 Å². The summed E-state index contributed by atoms with van der Waals surface area (Å²) in [6.45, 7) is 4.26. The SMILES string of the molecule is CC(C)N(CC1CC1)C(=O)NC[C@H](O)C(=O)O. The Bertz CT molecular complexity index is 289. The first-order valence-corrected chi connectivity index (χ1v) is 5.87. The molecule has 0 bridgehead atoms. The van der Waals surface area contributed by atoms with Gasteiger partial charge in [0.05, 0.1) is 6.54 Å². The van der Waals surface area contributed by atoms with Crippen molar-refractivity contribution in [3.63, 3.8) is 0 Å². The topological polar surface area (TPSA) is 89.9 Å². The molecule has 1 aliphatic carbocycles. The molecule has 0 aromatic rings. The lowest BCUT2D eigenvalue weighted by Gasteiger charge is -2.27. The summed E-state index contributed by atoms with van der Waals surface area (Å²) < 4.78 is 0. The molecule has 0 aromatic carbocycles. The molecule has 1 rings (SSSR count). The lowest BCUT2D eigenvalue weighted by atomic mass is 10.3. The van der Waals surface area contributed by atoms with Crippen molar-refractivity contribution >= 4 is 12.0 Å². The Morgan fingerprint density at radius 3 is 2.41 bits per heavy atom. The fourth-order valence-corrected chi connectivity index (χ4v) is 1.48. The molecule has 0 aliphatic heterocycles. The Balaban J connectivity index is 2.38. The maximum atomic E-state index is 11.8. The third-order valence-corrected chi connectivity index (χ3v) is 2.77. The zero-order valence-electron chi connectivity index (χ0n) is 10.2. The van der Waals surface area contributed by atoms with Crippen molar-refractivity contribution in [2.45, 2.75) is 38.8 Å². The van der Waals surface area contributed by atoms with Crippen LogP contribution in [0, 0.1) is 5.92 Å².